The zero-order valence-corrected chi connectivity index (χ0v) is 14.6. The fraction of sp³-hybridized carbons (Fsp3) is 0.368. The summed E-state index contributed by atoms with van der Waals surface area (Å²) in [6.07, 6.45) is 5.95. The molecule has 0 unspecified atom stereocenters. The molecule has 134 valence electrons. The van der Waals surface area contributed by atoms with Crippen LogP contribution in [0.4, 0.5) is 11.4 Å². The predicted molar refractivity (Wildman–Crippen MR) is 95.0 cm³/mol. The standard InChI is InChI=1S/C19H20N4O3/c1-26-12-17(24)22-8-6-19(7-9-22)15-4-2-3-5-16(15)23(18(19)25)14-10-20-13-21-11-14/h2-5,10-11,13H,6-9,12H2,1H3. The number of likely N-dealkylation sites (tertiary alicyclic amines) is 1. The molecule has 1 aromatic heterocycles. The summed E-state index contributed by atoms with van der Waals surface area (Å²) in [5.74, 6) is 0.00161. The smallest absolute Gasteiger partial charge is 0.248 e. The van der Waals surface area contributed by atoms with Gasteiger partial charge in [-0.05, 0) is 24.5 Å². The molecule has 1 saturated heterocycles. The molecule has 0 atom stereocenters. The van der Waals surface area contributed by atoms with Crippen molar-refractivity contribution in [1.29, 1.82) is 0 Å². The van der Waals surface area contributed by atoms with E-state index in [2.05, 4.69) is 9.97 Å². The molecule has 0 bridgehead atoms. The van der Waals surface area contributed by atoms with Crippen LogP contribution < -0.4 is 4.90 Å². The maximum Gasteiger partial charge on any atom is 0.248 e. The second-order valence-corrected chi connectivity index (χ2v) is 6.65. The number of aromatic nitrogens is 2. The molecule has 3 heterocycles. The van der Waals surface area contributed by atoms with Crippen LogP contribution in [0.15, 0.2) is 43.0 Å². The number of piperidine rings is 1. The van der Waals surface area contributed by atoms with Gasteiger partial charge in [-0.2, -0.15) is 0 Å². The third-order valence-corrected chi connectivity index (χ3v) is 5.32. The van der Waals surface area contributed by atoms with Gasteiger partial charge < -0.3 is 9.64 Å². The van der Waals surface area contributed by atoms with Gasteiger partial charge in [0.15, 0.2) is 0 Å². The number of hydrogen-bond acceptors (Lipinski definition) is 5. The Balaban J connectivity index is 1.68. The summed E-state index contributed by atoms with van der Waals surface area (Å²) in [6, 6.07) is 7.86. The van der Waals surface area contributed by atoms with Gasteiger partial charge in [0, 0.05) is 20.2 Å². The van der Waals surface area contributed by atoms with Crippen LogP contribution >= 0.6 is 0 Å². The second-order valence-electron chi connectivity index (χ2n) is 6.65. The summed E-state index contributed by atoms with van der Waals surface area (Å²) in [6.45, 7) is 1.16. The highest BCUT2D eigenvalue weighted by atomic mass is 16.5. The van der Waals surface area contributed by atoms with E-state index in [1.165, 1.54) is 13.4 Å². The zero-order valence-electron chi connectivity index (χ0n) is 14.6. The number of ether oxygens (including phenoxy) is 1. The molecule has 26 heavy (non-hydrogen) atoms. The van der Waals surface area contributed by atoms with Crippen LogP contribution in [0.3, 0.4) is 0 Å². The first-order valence-corrected chi connectivity index (χ1v) is 8.63. The molecule has 7 heteroatoms. The van der Waals surface area contributed by atoms with E-state index in [0.29, 0.717) is 31.6 Å². The number of carbonyl (C=O) groups is 2. The van der Waals surface area contributed by atoms with Gasteiger partial charge in [0.1, 0.15) is 12.9 Å². The number of hydrogen-bond donors (Lipinski definition) is 0. The number of rotatable bonds is 3. The minimum Gasteiger partial charge on any atom is -0.375 e. The van der Waals surface area contributed by atoms with Gasteiger partial charge in [-0.3, -0.25) is 14.5 Å². The summed E-state index contributed by atoms with van der Waals surface area (Å²) < 4.78 is 4.95. The molecule has 0 radical (unpaired) electrons. The number of fused-ring (bicyclic) bond motifs is 2. The Morgan fingerprint density at radius 1 is 1.19 bits per heavy atom. The van der Waals surface area contributed by atoms with Crippen LogP contribution in [-0.2, 0) is 19.7 Å². The summed E-state index contributed by atoms with van der Waals surface area (Å²) in [4.78, 5) is 37.2. The van der Waals surface area contributed by atoms with E-state index >= 15 is 0 Å². The summed E-state index contributed by atoms with van der Waals surface area (Å²) in [7, 11) is 1.51. The molecule has 2 aliphatic heterocycles. The van der Waals surface area contributed by atoms with Crippen molar-refractivity contribution in [3.63, 3.8) is 0 Å². The zero-order chi connectivity index (χ0) is 18.1. The first-order valence-electron chi connectivity index (χ1n) is 8.63. The third-order valence-electron chi connectivity index (χ3n) is 5.32. The quantitative estimate of drug-likeness (QED) is 0.840. The minimum atomic E-state index is -0.601. The fourth-order valence-electron chi connectivity index (χ4n) is 4.01. The third kappa shape index (κ3) is 2.47. The van der Waals surface area contributed by atoms with Crippen molar-refractivity contribution in [2.45, 2.75) is 18.3 Å². The minimum absolute atomic E-state index is 0.0330. The Bertz CT molecular complexity index is 832. The number of para-hydroxylation sites is 1. The van der Waals surface area contributed by atoms with E-state index in [-0.39, 0.29) is 18.4 Å². The largest absolute Gasteiger partial charge is 0.375 e. The molecule has 7 nitrogen and oxygen atoms in total. The Labute approximate surface area is 151 Å². The highest BCUT2D eigenvalue weighted by Crippen LogP contribution is 2.50. The highest BCUT2D eigenvalue weighted by molar-refractivity contribution is 6.13. The van der Waals surface area contributed by atoms with Crippen LogP contribution in [0, 0.1) is 0 Å². The van der Waals surface area contributed by atoms with E-state index < -0.39 is 5.41 Å². The normalized spacial score (nSPS) is 18.3. The Kier molecular flexibility index (Phi) is 4.16. The molecular weight excluding hydrogens is 332 g/mol. The highest BCUT2D eigenvalue weighted by Gasteiger charge is 2.52. The monoisotopic (exact) mass is 352 g/mol. The van der Waals surface area contributed by atoms with Crippen molar-refractivity contribution in [3.05, 3.63) is 48.5 Å². The molecular formula is C19H20N4O3. The van der Waals surface area contributed by atoms with Gasteiger partial charge in [-0.25, -0.2) is 9.97 Å². The maximum atomic E-state index is 13.5. The molecule has 1 fully saturated rings. The Morgan fingerprint density at radius 2 is 1.88 bits per heavy atom. The summed E-state index contributed by atoms with van der Waals surface area (Å²) >= 11 is 0. The van der Waals surface area contributed by atoms with Gasteiger partial charge in [0.2, 0.25) is 11.8 Å². The van der Waals surface area contributed by atoms with Crippen LogP contribution in [0.5, 0.6) is 0 Å². The molecule has 2 aromatic rings. The average Bonchev–Trinajstić information content (AvgIpc) is 2.92. The average molecular weight is 352 g/mol. The Morgan fingerprint density at radius 3 is 2.58 bits per heavy atom. The number of methoxy groups -OCH3 is 1. The number of amides is 2. The first kappa shape index (κ1) is 16.7. The van der Waals surface area contributed by atoms with Gasteiger partial charge >= 0.3 is 0 Å². The molecule has 0 aliphatic carbocycles. The van der Waals surface area contributed by atoms with E-state index in [1.54, 1.807) is 22.2 Å². The van der Waals surface area contributed by atoms with Crippen molar-refractivity contribution in [3.8, 4) is 0 Å². The maximum absolute atomic E-state index is 13.5. The van der Waals surface area contributed by atoms with Crippen molar-refractivity contribution in [1.82, 2.24) is 14.9 Å². The van der Waals surface area contributed by atoms with Gasteiger partial charge in [0.25, 0.3) is 0 Å². The van der Waals surface area contributed by atoms with E-state index in [0.717, 1.165) is 11.3 Å². The lowest BCUT2D eigenvalue weighted by molar-refractivity contribution is -0.138. The number of benzene rings is 1. The van der Waals surface area contributed by atoms with Crippen LogP contribution in [0.2, 0.25) is 0 Å². The van der Waals surface area contributed by atoms with Crippen molar-refractivity contribution < 1.29 is 14.3 Å². The topological polar surface area (TPSA) is 75.6 Å². The van der Waals surface area contributed by atoms with Crippen molar-refractivity contribution >= 4 is 23.2 Å². The SMILES string of the molecule is COCC(=O)N1CCC2(CC1)C(=O)N(c1cncnc1)c1ccccc12. The molecule has 1 aromatic carbocycles. The van der Waals surface area contributed by atoms with Crippen molar-refractivity contribution in [2.24, 2.45) is 0 Å². The first-order chi connectivity index (χ1) is 12.7. The number of carbonyl (C=O) groups excluding carboxylic acids is 2. The summed E-state index contributed by atoms with van der Waals surface area (Å²) in [5, 5.41) is 0. The van der Waals surface area contributed by atoms with Crippen LogP contribution in [-0.4, -0.2) is 53.5 Å². The van der Waals surface area contributed by atoms with E-state index in [9.17, 15) is 9.59 Å². The molecule has 0 saturated carbocycles. The molecule has 4 rings (SSSR count). The molecule has 2 amide bonds. The molecule has 0 N–H and O–H groups in total. The van der Waals surface area contributed by atoms with Crippen LogP contribution in [0.1, 0.15) is 18.4 Å². The van der Waals surface area contributed by atoms with Gasteiger partial charge in [-0.1, -0.05) is 18.2 Å². The van der Waals surface area contributed by atoms with Crippen LogP contribution in [0.25, 0.3) is 0 Å². The number of anilines is 2. The van der Waals surface area contributed by atoms with Gasteiger partial charge in [0.05, 0.1) is 29.2 Å². The second kappa shape index (κ2) is 6.49. The lowest BCUT2D eigenvalue weighted by Crippen LogP contribution is -2.50. The van der Waals surface area contributed by atoms with E-state index in [4.69, 9.17) is 4.74 Å². The predicted octanol–water partition coefficient (Wildman–Crippen LogP) is 1.66. The van der Waals surface area contributed by atoms with Gasteiger partial charge in [-0.15, -0.1) is 0 Å². The molecule has 1 spiro atoms. The fourth-order valence-corrected chi connectivity index (χ4v) is 4.01. The summed E-state index contributed by atoms with van der Waals surface area (Å²) in [5.41, 5.74) is 1.97. The lowest BCUT2D eigenvalue weighted by atomic mass is 9.73. The lowest BCUT2D eigenvalue weighted by Gasteiger charge is -2.38. The van der Waals surface area contributed by atoms with E-state index in [1.807, 2.05) is 24.3 Å². The number of nitrogens with zero attached hydrogens (tertiary/aromatic N) is 4. The van der Waals surface area contributed by atoms with Crippen molar-refractivity contribution in [2.75, 3.05) is 31.7 Å². The Hall–Kier alpha value is -2.80. The molecule has 2 aliphatic rings.